The van der Waals surface area contributed by atoms with Crippen molar-refractivity contribution < 1.29 is 13.2 Å². The minimum Gasteiger partial charge on any atom is -0.493 e. The van der Waals surface area contributed by atoms with Crippen LogP contribution in [0.1, 0.15) is 11.4 Å². The highest BCUT2D eigenvalue weighted by atomic mass is 32.2. The minimum atomic E-state index is -3.69. The summed E-state index contributed by atoms with van der Waals surface area (Å²) in [6.07, 6.45) is 3.83. The van der Waals surface area contributed by atoms with Crippen molar-refractivity contribution in [1.29, 1.82) is 0 Å². The Morgan fingerprint density at radius 2 is 1.81 bits per heavy atom. The number of hydrogen-bond donors (Lipinski definition) is 2. The van der Waals surface area contributed by atoms with E-state index < -0.39 is 10.0 Å². The number of aromatic nitrogens is 3. The van der Waals surface area contributed by atoms with Gasteiger partial charge in [0, 0.05) is 5.75 Å². The second kappa shape index (κ2) is 8.85. The topological polar surface area (TPSA) is 111 Å². The van der Waals surface area contributed by atoms with Crippen molar-refractivity contribution in [3.05, 3.63) is 66.0 Å². The molecule has 0 unspecified atom stereocenters. The van der Waals surface area contributed by atoms with Crippen molar-refractivity contribution in [3.63, 3.8) is 0 Å². The second-order valence-corrected chi connectivity index (χ2v) is 8.08. The number of nitrogens with two attached hydrogens (primary N) is 1. The van der Waals surface area contributed by atoms with Gasteiger partial charge in [-0.05, 0) is 35.9 Å². The summed E-state index contributed by atoms with van der Waals surface area (Å²) >= 11 is 1.46. The van der Waals surface area contributed by atoms with Crippen LogP contribution in [0.2, 0.25) is 0 Å². The fourth-order valence-electron chi connectivity index (χ4n) is 2.15. The first kappa shape index (κ1) is 19.2. The first-order valence-corrected chi connectivity index (χ1v) is 10.6. The third kappa shape index (κ3) is 5.95. The van der Waals surface area contributed by atoms with E-state index in [-0.39, 0.29) is 4.90 Å². The average molecular weight is 403 g/mol. The summed E-state index contributed by atoms with van der Waals surface area (Å²) in [5, 5.41) is 12.7. The molecule has 27 heavy (non-hydrogen) atoms. The molecule has 7 nitrogen and oxygen atoms in total. The van der Waals surface area contributed by atoms with E-state index in [9.17, 15) is 8.42 Å². The van der Waals surface area contributed by atoms with E-state index in [1.807, 2.05) is 42.5 Å². The number of hydrogen-bond acceptors (Lipinski definition) is 6. The summed E-state index contributed by atoms with van der Waals surface area (Å²) in [5.41, 5.74) is 1.09. The van der Waals surface area contributed by atoms with Gasteiger partial charge in [-0.3, -0.25) is 5.10 Å². The van der Waals surface area contributed by atoms with Crippen LogP contribution in [0.5, 0.6) is 5.75 Å². The molecule has 0 atom stereocenters. The predicted octanol–water partition coefficient (Wildman–Crippen LogP) is 2.79. The van der Waals surface area contributed by atoms with Gasteiger partial charge in [0.05, 0.1) is 11.5 Å². The molecule has 0 radical (unpaired) electrons. The van der Waals surface area contributed by atoms with Gasteiger partial charge in [0.25, 0.3) is 0 Å². The Bertz CT molecular complexity index is 1000. The highest BCUT2D eigenvalue weighted by molar-refractivity contribution is 7.99. The summed E-state index contributed by atoms with van der Waals surface area (Å²) in [5.74, 6) is 1.90. The summed E-state index contributed by atoms with van der Waals surface area (Å²) in [4.78, 5) is 4.44. The Morgan fingerprint density at radius 3 is 2.52 bits per heavy atom. The number of benzene rings is 2. The molecule has 0 aliphatic rings. The van der Waals surface area contributed by atoms with Crippen molar-refractivity contribution in [2.75, 3.05) is 12.4 Å². The van der Waals surface area contributed by atoms with Crippen LogP contribution in [-0.2, 0) is 10.0 Å². The highest BCUT2D eigenvalue weighted by Gasteiger charge is 2.07. The first-order chi connectivity index (χ1) is 13.0. The lowest BCUT2D eigenvalue weighted by Gasteiger charge is -2.05. The maximum atomic E-state index is 11.2. The first-order valence-electron chi connectivity index (χ1n) is 8.05. The zero-order valence-electron chi connectivity index (χ0n) is 14.3. The van der Waals surface area contributed by atoms with Crippen molar-refractivity contribution in [1.82, 2.24) is 15.2 Å². The normalized spacial score (nSPS) is 11.7. The number of aromatic amines is 1. The van der Waals surface area contributed by atoms with Gasteiger partial charge < -0.3 is 4.74 Å². The molecule has 0 saturated carbocycles. The van der Waals surface area contributed by atoms with E-state index in [0.717, 1.165) is 5.56 Å². The SMILES string of the molecule is NS(=O)(=O)c1ccc(OCCSc2n[nH]c(/C=C/c3ccccc3)n2)cc1. The number of ether oxygens (including phenoxy) is 1. The Hall–Kier alpha value is -2.62. The van der Waals surface area contributed by atoms with Crippen molar-refractivity contribution >= 4 is 33.9 Å². The number of nitrogens with zero attached hydrogens (tertiary/aromatic N) is 2. The molecule has 3 N–H and O–H groups in total. The number of H-pyrrole nitrogens is 1. The van der Waals surface area contributed by atoms with Crippen LogP contribution in [0.3, 0.4) is 0 Å². The molecule has 3 aromatic rings. The summed E-state index contributed by atoms with van der Waals surface area (Å²) in [6, 6.07) is 15.9. The predicted molar refractivity (Wildman–Crippen MR) is 106 cm³/mol. The van der Waals surface area contributed by atoms with Crippen LogP contribution in [0.15, 0.2) is 64.6 Å². The van der Waals surface area contributed by atoms with Gasteiger partial charge in [0.15, 0.2) is 0 Å². The Labute approximate surface area is 161 Å². The van der Waals surface area contributed by atoms with Crippen molar-refractivity contribution in [3.8, 4) is 5.75 Å². The molecule has 0 fully saturated rings. The van der Waals surface area contributed by atoms with Crippen LogP contribution in [0, 0.1) is 0 Å². The number of thioether (sulfide) groups is 1. The van der Waals surface area contributed by atoms with E-state index >= 15 is 0 Å². The van der Waals surface area contributed by atoms with E-state index in [2.05, 4.69) is 15.2 Å². The van der Waals surface area contributed by atoms with E-state index in [4.69, 9.17) is 9.88 Å². The quantitative estimate of drug-likeness (QED) is 0.443. The van der Waals surface area contributed by atoms with Gasteiger partial charge in [-0.25, -0.2) is 18.5 Å². The van der Waals surface area contributed by atoms with Crippen LogP contribution >= 0.6 is 11.8 Å². The zero-order valence-corrected chi connectivity index (χ0v) is 15.9. The van der Waals surface area contributed by atoms with Crippen LogP contribution in [-0.4, -0.2) is 36.0 Å². The van der Waals surface area contributed by atoms with E-state index in [1.54, 1.807) is 12.1 Å². The van der Waals surface area contributed by atoms with Gasteiger partial charge in [-0.15, -0.1) is 5.10 Å². The Kier molecular flexibility index (Phi) is 6.28. The van der Waals surface area contributed by atoms with Crippen LogP contribution < -0.4 is 9.88 Å². The number of nitrogens with one attached hydrogen (secondary N) is 1. The molecule has 2 aromatic carbocycles. The van der Waals surface area contributed by atoms with Crippen molar-refractivity contribution in [2.45, 2.75) is 10.1 Å². The smallest absolute Gasteiger partial charge is 0.238 e. The maximum absolute atomic E-state index is 11.2. The highest BCUT2D eigenvalue weighted by Crippen LogP contribution is 2.17. The number of rotatable bonds is 8. The van der Waals surface area contributed by atoms with Gasteiger partial charge in [-0.2, -0.15) is 0 Å². The largest absolute Gasteiger partial charge is 0.493 e. The molecule has 0 aliphatic carbocycles. The molecule has 0 aliphatic heterocycles. The minimum absolute atomic E-state index is 0.0565. The molecule has 1 heterocycles. The Morgan fingerprint density at radius 1 is 1.07 bits per heavy atom. The molecule has 0 spiro atoms. The van der Waals surface area contributed by atoms with Gasteiger partial charge in [0.2, 0.25) is 15.2 Å². The van der Waals surface area contributed by atoms with Crippen LogP contribution in [0.4, 0.5) is 0 Å². The lowest BCUT2D eigenvalue weighted by atomic mass is 10.2. The lowest BCUT2D eigenvalue weighted by molar-refractivity contribution is 0.343. The van der Waals surface area contributed by atoms with Gasteiger partial charge in [0.1, 0.15) is 11.6 Å². The molecule has 0 bridgehead atoms. The van der Waals surface area contributed by atoms with E-state index in [0.29, 0.717) is 29.1 Å². The zero-order chi connectivity index (χ0) is 19.1. The van der Waals surface area contributed by atoms with Gasteiger partial charge >= 0.3 is 0 Å². The monoisotopic (exact) mass is 402 g/mol. The molecular weight excluding hydrogens is 384 g/mol. The van der Waals surface area contributed by atoms with Crippen molar-refractivity contribution in [2.24, 2.45) is 5.14 Å². The third-order valence-electron chi connectivity index (χ3n) is 3.45. The Balaban J connectivity index is 1.44. The molecule has 0 amide bonds. The molecule has 9 heteroatoms. The van der Waals surface area contributed by atoms with E-state index in [1.165, 1.54) is 23.9 Å². The summed E-state index contributed by atoms with van der Waals surface area (Å²) < 4.78 is 28.0. The van der Waals surface area contributed by atoms with Crippen LogP contribution in [0.25, 0.3) is 12.2 Å². The standard InChI is InChI=1S/C18H18N4O3S2/c19-27(23,24)16-9-7-15(8-10-16)25-12-13-26-18-20-17(21-22-18)11-6-14-4-2-1-3-5-14/h1-11H,12-13H2,(H2,19,23,24)(H,20,21,22)/b11-6+. The molecule has 0 saturated heterocycles. The average Bonchev–Trinajstić information content (AvgIpc) is 3.12. The molecule has 3 rings (SSSR count). The fourth-order valence-corrected chi connectivity index (χ4v) is 3.29. The van der Waals surface area contributed by atoms with Gasteiger partial charge in [-0.1, -0.05) is 48.2 Å². The number of primary sulfonamides is 1. The molecule has 1 aromatic heterocycles. The number of sulfonamides is 1. The fraction of sp³-hybridized carbons (Fsp3) is 0.111. The molecular formula is C18H18N4O3S2. The second-order valence-electron chi connectivity index (χ2n) is 5.46. The third-order valence-corrected chi connectivity index (χ3v) is 5.19. The lowest BCUT2D eigenvalue weighted by Crippen LogP contribution is -2.11. The summed E-state index contributed by atoms with van der Waals surface area (Å²) in [6.45, 7) is 0.434. The molecule has 140 valence electrons. The maximum Gasteiger partial charge on any atom is 0.238 e. The summed E-state index contributed by atoms with van der Waals surface area (Å²) in [7, 11) is -3.69.